The van der Waals surface area contributed by atoms with Crippen LogP contribution in [0.3, 0.4) is 0 Å². The highest BCUT2D eigenvalue weighted by atomic mass is 32.2. The molecule has 0 radical (unpaired) electrons. The second kappa shape index (κ2) is 11.9. The molecule has 4 aromatic rings. The Hall–Kier alpha value is -3.91. The van der Waals surface area contributed by atoms with Gasteiger partial charge < -0.3 is 15.2 Å². The van der Waals surface area contributed by atoms with E-state index in [0.717, 1.165) is 16.8 Å². The van der Waals surface area contributed by atoms with Gasteiger partial charge in [-0.15, -0.1) is 10.2 Å². The fourth-order valence-electron chi connectivity index (χ4n) is 4.01. The van der Waals surface area contributed by atoms with E-state index in [1.54, 1.807) is 0 Å². The summed E-state index contributed by atoms with van der Waals surface area (Å²) in [6.45, 7) is 10.4. The van der Waals surface area contributed by atoms with Crippen LogP contribution >= 0.6 is 11.8 Å². The van der Waals surface area contributed by atoms with Gasteiger partial charge in [0.25, 0.3) is 5.91 Å². The SMILES string of the molecule is CCC(Sc1nnc(-c2ccc(NC(=O)c3ccc(C(C)(C)C)cc3)cc2)n1C)C(=O)Nc1ccc(C)cc1. The Kier molecular flexibility index (Phi) is 8.55. The van der Waals surface area contributed by atoms with Gasteiger partial charge in [-0.2, -0.15) is 0 Å². The summed E-state index contributed by atoms with van der Waals surface area (Å²) in [5, 5.41) is 15.0. The number of amides is 2. The number of rotatable bonds is 8. The van der Waals surface area contributed by atoms with E-state index >= 15 is 0 Å². The van der Waals surface area contributed by atoms with Crippen LogP contribution in [0, 0.1) is 6.92 Å². The minimum atomic E-state index is -0.308. The van der Waals surface area contributed by atoms with Crippen molar-refractivity contribution >= 4 is 35.0 Å². The van der Waals surface area contributed by atoms with Crippen molar-refractivity contribution in [2.24, 2.45) is 7.05 Å². The molecule has 2 N–H and O–H groups in total. The summed E-state index contributed by atoms with van der Waals surface area (Å²) in [5.74, 6) is 0.459. The van der Waals surface area contributed by atoms with Gasteiger partial charge in [0.2, 0.25) is 5.91 Å². The molecular formula is C31H35N5O2S. The van der Waals surface area contributed by atoms with Crippen LogP contribution in [0.5, 0.6) is 0 Å². The van der Waals surface area contributed by atoms with Crippen LogP contribution < -0.4 is 10.6 Å². The van der Waals surface area contributed by atoms with Gasteiger partial charge in [-0.05, 0) is 72.9 Å². The molecule has 1 heterocycles. The molecule has 0 aliphatic carbocycles. The van der Waals surface area contributed by atoms with Crippen LogP contribution in [0.25, 0.3) is 11.4 Å². The molecule has 0 spiro atoms. The average molecular weight is 542 g/mol. The molecule has 202 valence electrons. The van der Waals surface area contributed by atoms with E-state index in [-0.39, 0.29) is 22.5 Å². The number of aromatic nitrogens is 3. The largest absolute Gasteiger partial charge is 0.325 e. The molecule has 0 aliphatic rings. The zero-order chi connectivity index (χ0) is 28.2. The van der Waals surface area contributed by atoms with Crippen LogP contribution in [-0.4, -0.2) is 31.8 Å². The lowest BCUT2D eigenvalue weighted by Gasteiger charge is -2.19. The molecule has 1 unspecified atom stereocenters. The number of nitrogens with one attached hydrogen (secondary N) is 2. The van der Waals surface area contributed by atoms with Crippen molar-refractivity contribution in [3.63, 3.8) is 0 Å². The second-order valence-electron chi connectivity index (χ2n) is 10.6. The summed E-state index contributed by atoms with van der Waals surface area (Å²) in [6.07, 6.45) is 0.651. The van der Waals surface area contributed by atoms with Crippen molar-refractivity contribution in [3.05, 3.63) is 89.5 Å². The molecule has 2 amide bonds. The standard InChI is InChI=1S/C31H35N5O2S/c1-7-26(29(38)33-24-16-8-20(2)9-17-24)39-30-35-34-27(36(30)6)21-12-18-25(19-13-21)32-28(37)22-10-14-23(15-11-22)31(3,4)5/h8-19,26H,7H2,1-6H3,(H,32,37)(H,33,38). The molecular weight excluding hydrogens is 506 g/mol. The van der Waals surface area contributed by atoms with E-state index in [0.29, 0.717) is 28.7 Å². The van der Waals surface area contributed by atoms with E-state index in [2.05, 4.69) is 41.6 Å². The first-order valence-corrected chi connectivity index (χ1v) is 13.9. The van der Waals surface area contributed by atoms with Gasteiger partial charge in [-0.25, -0.2) is 0 Å². The van der Waals surface area contributed by atoms with Crippen molar-refractivity contribution < 1.29 is 9.59 Å². The van der Waals surface area contributed by atoms with Crippen LogP contribution in [-0.2, 0) is 17.3 Å². The lowest BCUT2D eigenvalue weighted by atomic mass is 9.87. The maximum atomic E-state index is 12.9. The molecule has 1 atom stereocenters. The zero-order valence-electron chi connectivity index (χ0n) is 23.3. The Morgan fingerprint density at radius 2 is 1.46 bits per heavy atom. The number of thioether (sulfide) groups is 1. The normalized spacial score (nSPS) is 12.2. The van der Waals surface area contributed by atoms with Crippen LogP contribution in [0.4, 0.5) is 11.4 Å². The van der Waals surface area contributed by atoms with Crippen molar-refractivity contribution in [2.75, 3.05) is 10.6 Å². The predicted molar refractivity (Wildman–Crippen MR) is 159 cm³/mol. The minimum absolute atomic E-state index is 0.0361. The zero-order valence-corrected chi connectivity index (χ0v) is 24.1. The molecule has 0 saturated carbocycles. The highest BCUT2D eigenvalue weighted by molar-refractivity contribution is 8.00. The second-order valence-corrected chi connectivity index (χ2v) is 11.8. The minimum Gasteiger partial charge on any atom is -0.325 e. The number of hydrogen-bond acceptors (Lipinski definition) is 5. The molecule has 39 heavy (non-hydrogen) atoms. The Labute approximate surface area is 234 Å². The van der Waals surface area contributed by atoms with Crippen LogP contribution in [0.15, 0.2) is 78.0 Å². The molecule has 0 bridgehead atoms. The van der Waals surface area contributed by atoms with Crippen molar-refractivity contribution in [2.45, 2.75) is 56.9 Å². The molecule has 0 saturated heterocycles. The van der Waals surface area contributed by atoms with E-state index in [1.807, 2.05) is 98.3 Å². The number of nitrogens with zero attached hydrogens (tertiary/aromatic N) is 3. The first-order valence-electron chi connectivity index (χ1n) is 13.0. The van der Waals surface area contributed by atoms with Gasteiger partial charge in [0, 0.05) is 29.5 Å². The van der Waals surface area contributed by atoms with E-state index in [9.17, 15) is 9.59 Å². The number of carbonyl (C=O) groups is 2. The molecule has 1 aromatic heterocycles. The summed E-state index contributed by atoms with van der Waals surface area (Å²) in [5.41, 5.74) is 5.30. The summed E-state index contributed by atoms with van der Waals surface area (Å²) < 4.78 is 1.89. The van der Waals surface area contributed by atoms with E-state index < -0.39 is 0 Å². The van der Waals surface area contributed by atoms with Crippen molar-refractivity contribution in [1.29, 1.82) is 0 Å². The van der Waals surface area contributed by atoms with Gasteiger partial charge in [0.15, 0.2) is 11.0 Å². The molecule has 0 aliphatic heterocycles. The number of benzene rings is 3. The van der Waals surface area contributed by atoms with Gasteiger partial charge in [0.05, 0.1) is 5.25 Å². The number of carbonyl (C=O) groups excluding carboxylic acids is 2. The van der Waals surface area contributed by atoms with Crippen molar-refractivity contribution in [1.82, 2.24) is 14.8 Å². The topological polar surface area (TPSA) is 88.9 Å². The highest BCUT2D eigenvalue weighted by Crippen LogP contribution is 2.29. The Morgan fingerprint density at radius 1 is 0.872 bits per heavy atom. The summed E-state index contributed by atoms with van der Waals surface area (Å²) >= 11 is 1.39. The average Bonchev–Trinajstić information content (AvgIpc) is 3.28. The summed E-state index contributed by atoms with van der Waals surface area (Å²) in [6, 6.07) is 23.0. The maximum absolute atomic E-state index is 12.9. The van der Waals surface area contributed by atoms with Gasteiger partial charge >= 0.3 is 0 Å². The van der Waals surface area contributed by atoms with Gasteiger partial charge in [0.1, 0.15) is 0 Å². The Morgan fingerprint density at radius 3 is 2.05 bits per heavy atom. The lowest BCUT2D eigenvalue weighted by Crippen LogP contribution is -2.25. The molecule has 7 nitrogen and oxygen atoms in total. The number of anilines is 2. The molecule has 0 fully saturated rings. The quantitative estimate of drug-likeness (QED) is 0.238. The summed E-state index contributed by atoms with van der Waals surface area (Å²) in [7, 11) is 1.89. The summed E-state index contributed by atoms with van der Waals surface area (Å²) in [4.78, 5) is 25.6. The molecule has 4 rings (SSSR count). The lowest BCUT2D eigenvalue weighted by molar-refractivity contribution is -0.115. The third kappa shape index (κ3) is 6.95. The number of hydrogen-bond donors (Lipinski definition) is 2. The number of aryl methyl sites for hydroxylation is 1. The van der Waals surface area contributed by atoms with E-state index in [4.69, 9.17) is 0 Å². The molecule has 3 aromatic carbocycles. The van der Waals surface area contributed by atoms with Crippen LogP contribution in [0.1, 0.15) is 55.6 Å². The smallest absolute Gasteiger partial charge is 0.255 e. The van der Waals surface area contributed by atoms with Gasteiger partial charge in [-0.3, -0.25) is 9.59 Å². The van der Waals surface area contributed by atoms with Gasteiger partial charge in [-0.1, -0.05) is 69.3 Å². The monoisotopic (exact) mass is 541 g/mol. The first kappa shape index (κ1) is 28.1. The predicted octanol–water partition coefficient (Wildman–Crippen LogP) is 6.85. The van der Waals surface area contributed by atoms with Crippen LogP contribution in [0.2, 0.25) is 0 Å². The third-order valence-electron chi connectivity index (χ3n) is 6.48. The fraction of sp³-hybridized carbons (Fsp3) is 0.290. The Bertz CT molecular complexity index is 1440. The fourth-order valence-corrected chi connectivity index (χ4v) is 4.93. The van der Waals surface area contributed by atoms with E-state index in [1.165, 1.54) is 17.3 Å². The third-order valence-corrected chi connectivity index (χ3v) is 7.88. The van der Waals surface area contributed by atoms with Crippen molar-refractivity contribution in [3.8, 4) is 11.4 Å². The Balaban J connectivity index is 1.40. The first-order chi connectivity index (χ1) is 18.5. The maximum Gasteiger partial charge on any atom is 0.255 e. The highest BCUT2D eigenvalue weighted by Gasteiger charge is 2.22. The molecule has 8 heteroatoms.